The molecule has 0 saturated heterocycles. The highest BCUT2D eigenvalue weighted by Gasteiger charge is 2.13. The Morgan fingerprint density at radius 2 is 2.15 bits per heavy atom. The molecule has 0 radical (unpaired) electrons. The summed E-state index contributed by atoms with van der Waals surface area (Å²) in [5.74, 6) is 1.19. The predicted octanol–water partition coefficient (Wildman–Crippen LogP) is 1.35. The average Bonchev–Trinajstić information content (AvgIpc) is 2.76. The van der Waals surface area contributed by atoms with Crippen LogP contribution in [0.4, 0.5) is 17.3 Å². The molecule has 0 amide bonds. The third-order valence-electron chi connectivity index (χ3n) is 2.99. The Hall–Kier alpha value is -2.41. The number of aliphatic hydroxyl groups excluding tert-OH is 1. The molecule has 0 bridgehead atoms. The van der Waals surface area contributed by atoms with Gasteiger partial charge in [0.2, 0.25) is 0 Å². The molecule has 0 aliphatic heterocycles. The summed E-state index contributed by atoms with van der Waals surface area (Å²) in [6, 6.07) is 3.30. The number of nitrogens with two attached hydrogens (primary N) is 1. The molecule has 3 N–H and O–H groups in total. The molecule has 0 fully saturated rings. The highest BCUT2D eigenvalue weighted by atomic mass is 16.5. The van der Waals surface area contributed by atoms with Gasteiger partial charge in [-0.3, -0.25) is 0 Å². The summed E-state index contributed by atoms with van der Waals surface area (Å²) in [6.45, 7) is -0.165. The van der Waals surface area contributed by atoms with E-state index in [9.17, 15) is 5.11 Å². The molecule has 106 valence electrons. The van der Waals surface area contributed by atoms with E-state index in [2.05, 4.69) is 10.2 Å². The molecule has 0 atom stereocenters. The van der Waals surface area contributed by atoms with Gasteiger partial charge in [-0.1, -0.05) is 5.11 Å². The van der Waals surface area contributed by atoms with E-state index in [1.807, 2.05) is 35.6 Å². The molecule has 0 aliphatic carbocycles. The van der Waals surface area contributed by atoms with Crippen LogP contribution < -0.4 is 15.0 Å². The second-order valence-electron chi connectivity index (χ2n) is 4.40. The number of ether oxygens (including phenoxy) is 1. The first kappa shape index (κ1) is 14.0. The van der Waals surface area contributed by atoms with Crippen molar-refractivity contribution in [2.75, 3.05) is 12.8 Å². The number of nitrogen functional groups attached to an aromatic ring is 1. The number of imidazole rings is 1. The summed E-state index contributed by atoms with van der Waals surface area (Å²) >= 11 is 0. The van der Waals surface area contributed by atoms with E-state index in [1.165, 1.54) is 7.11 Å². The summed E-state index contributed by atoms with van der Waals surface area (Å²) < 4.78 is 8.84. The fraction of sp³-hybridized carbons (Fsp3) is 0.308. The lowest BCUT2D eigenvalue weighted by molar-refractivity contribution is -0.657. The van der Waals surface area contributed by atoms with Gasteiger partial charge in [0.15, 0.2) is 0 Å². The van der Waals surface area contributed by atoms with Gasteiger partial charge < -0.3 is 15.6 Å². The lowest BCUT2D eigenvalue weighted by Crippen LogP contribution is -2.25. The molecule has 0 spiro atoms. The summed E-state index contributed by atoms with van der Waals surface area (Å²) in [5.41, 5.74) is 7.39. The van der Waals surface area contributed by atoms with Crippen LogP contribution in [0, 0.1) is 0 Å². The minimum Gasteiger partial charge on any atom is -0.495 e. The van der Waals surface area contributed by atoms with Crippen LogP contribution in [0.1, 0.15) is 5.56 Å². The number of nitrogens with zero attached hydrogens (tertiary/aromatic N) is 4. The van der Waals surface area contributed by atoms with Crippen LogP contribution in [-0.2, 0) is 20.7 Å². The Morgan fingerprint density at radius 1 is 1.40 bits per heavy atom. The molecular weight excluding hydrogens is 258 g/mol. The van der Waals surface area contributed by atoms with Gasteiger partial charge in [-0.15, -0.1) is 0 Å². The first-order chi connectivity index (χ1) is 9.56. The monoisotopic (exact) mass is 276 g/mol. The van der Waals surface area contributed by atoms with Crippen molar-refractivity contribution in [3.8, 4) is 5.75 Å². The van der Waals surface area contributed by atoms with E-state index in [-0.39, 0.29) is 6.61 Å². The van der Waals surface area contributed by atoms with Gasteiger partial charge in [0.25, 0.3) is 0 Å². The zero-order valence-corrected chi connectivity index (χ0v) is 11.7. The zero-order valence-electron chi connectivity index (χ0n) is 11.7. The molecule has 1 heterocycles. The van der Waals surface area contributed by atoms with Gasteiger partial charge in [-0.2, -0.15) is 0 Å². The molecule has 1 aromatic heterocycles. The van der Waals surface area contributed by atoms with Crippen LogP contribution in [0.5, 0.6) is 5.75 Å². The van der Waals surface area contributed by atoms with E-state index in [4.69, 9.17) is 10.5 Å². The van der Waals surface area contributed by atoms with Crippen molar-refractivity contribution in [3.63, 3.8) is 0 Å². The summed E-state index contributed by atoms with van der Waals surface area (Å²) in [6.07, 6.45) is 3.76. The number of aliphatic hydroxyl groups is 1. The summed E-state index contributed by atoms with van der Waals surface area (Å²) in [5, 5.41) is 17.7. The summed E-state index contributed by atoms with van der Waals surface area (Å²) in [7, 11) is 5.29. The van der Waals surface area contributed by atoms with Crippen molar-refractivity contribution >= 4 is 17.3 Å². The first-order valence-electron chi connectivity index (χ1n) is 6.06. The Kier molecular flexibility index (Phi) is 3.99. The molecule has 0 aliphatic rings. The Bertz CT molecular complexity index is 629. The molecule has 2 aromatic rings. The number of anilines is 1. The van der Waals surface area contributed by atoms with Gasteiger partial charge in [-0.25, -0.2) is 9.13 Å². The number of methoxy groups -OCH3 is 1. The average molecular weight is 276 g/mol. The van der Waals surface area contributed by atoms with Crippen LogP contribution in [0.3, 0.4) is 0 Å². The van der Waals surface area contributed by atoms with Crippen molar-refractivity contribution < 1.29 is 14.4 Å². The van der Waals surface area contributed by atoms with Crippen molar-refractivity contribution in [1.82, 2.24) is 4.57 Å². The normalized spacial score (nSPS) is 11.2. The van der Waals surface area contributed by atoms with E-state index < -0.39 is 0 Å². The molecule has 1 aromatic carbocycles. The summed E-state index contributed by atoms with van der Waals surface area (Å²) in [4.78, 5) is 0. The fourth-order valence-electron chi connectivity index (χ4n) is 1.85. The number of hydrogen-bond acceptors (Lipinski definition) is 5. The number of rotatable bonds is 4. The largest absolute Gasteiger partial charge is 0.495 e. The molecule has 20 heavy (non-hydrogen) atoms. The fourth-order valence-corrected chi connectivity index (χ4v) is 1.85. The molecule has 7 heteroatoms. The standard InChI is InChI=1S/C13H17N5O2/c1-17-4-5-18(2)13(17)16-15-11-7-12(20-3)10(14)6-9(11)8-19/h4-7,14,19H,8H2,1-3H3/p+1. The van der Waals surface area contributed by atoms with Gasteiger partial charge in [0.05, 0.1) is 45.9 Å². The highest BCUT2D eigenvalue weighted by molar-refractivity contribution is 5.63. The molecule has 0 saturated carbocycles. The van der Waals surface area contributed by atoms with Gasteiger partial charge >= 0.3 is 5.95 Å². The van der Waals surface area contributed by atoms with Crippen molar-refractivity contribution in [2.45, 2.75) is 6.61 Å². The smallest absolute Gasteiger partial charge is 0.421 e. The van der Waals surface area contributed by atoms with Gasteiger partial charge in [-0.05, 0) is 6.07 Å². The Balaban J connectivity index is 2.42. The number of hydrogen-bond donors (Lipinski definition) is 2. The Labute approximate surface area is 116 Å². The van der Waals surface area contributed by atoms with Crippen molar-refractivity contribution in [2.24, 2.45) is 24.3 Å². The number of aryl methyl sites for hydroxylation is 2. The van der Waals surface area contributed by atoms with Crippen LogP contribution in [0.15, 0.2) is 34.8 Å². The van der Waals surface area contributed by atoms with E-state index in [1.54, 1.807) is 12.1 Å². The van der Waals surface area contributed by atoms with Gasteiger partial charge in [0, 0.05) is 16.7 Å². The number of benzene rings is 1. The topological polar surface area (TPSA) is 89.0 Å². The predicted molar refractivity (Wildman–Crippen MR) is 74.1 cm³/mol. The van der Waals surface area contributed by atoms with Crippen LogP contribution in [-0.4, -0.2) is 16.8 Å². The minimum atomic E-state index is -0.165. The maximum Gasteiger partial charge on any atom is 0.421 e. The van der Waals surface area contributed by atoms with Crippen molar-refractivity contribution in [3.05, 3.63) is 30.1 Å². The number of aromatic nitrogens is 2. The second-order valence-corrected chi connectivity index (χ2v) is 4.40. The zero-order chi connectivity index (χ0) is 14.7. The van der Waals surface area contributed by atoms with Crippen LogP contribution >= 0.6 is 0 Å². The quantitative estimate of drug-likeness (QED) is 0.502. The van der Waals surface area contributed by atoms with Crippen molar-refractivity contribution in [1.29, 1.82) is 0 Å². The number of azo groups is 1. The van der Waals surface area contributed by atoms with Crippen LogP contribution in [0.2, 0.25) is 0 Å². The third kappa shape index (κ3) is 2.62. The maximum absolute atomic E-state index is 9.36. The lowest BCUT2D eigenvalue weighted by atomic mass is 10.1. The van der Waals surface area contributed by atoms with E-state index in [0.29, 0.717) is 28.6 Å². The highest BCUT2D eigenvalue weighted by Crippen LogP contribution is 2.32. The Morgan fingerprint density at radius 3 is 2.70 bits per heavy atom. The molecule has 0 unspecified atom stereocenters. The molecular formula is C13H18N5O2+. The van der Waals surface area contributed by atoms with E-state index in [0.717, 1.165) is 0 Å². The molecule has 7 nitrogen and oxygen atoms in total. The van der Waals surface area contributed by atoms with Crippen LogP contribution in [0.25, 0.3) is 0 Å². The second kappa shape index (κ2) is 5.70. The lowest BCUT2D eigenvalue weighted by Gasteiger charge is -2.07. The molecule has 2 rings (SSSR count). The van der Waals surface area contributed by atoms with E-state index >= 15 is 0 Å². The SMILES string of the molecule is COc1cc(N=Nc2n(C)cc[n+]2C)c(CO)cc1N. The first-order valence-corrected chi connectivity index (χ1v) is 6.06. The third-order valence-corrected chi connectivity index (χ3v) is 2.99. The minimum absolute atomic E-state index is 0.165. The van der Waals surface area contributed by atoms with Gasteiger partial charge in [0.1, 0.15) is 11.4 Å². The maximum atomic E-state index is 9.36.